The van der Waals surface area contributed by atoms with Crippen molar-refractivity contribution in [2.24, 2.45) is 5.73 Å². The molecule has 0 heterocycles. The van der Waals surface area contributed by atoms with Crippen LogP contribution in [0.25, 0.3) is 0 Å². The number of methoxy groups -OCH3 is 1. The van der Waals surface area contributed by atoms with Crippen molar-refractivity contribution in [3.63, 3.8) is 0 Å². The van der Waals surface area contributed by atoms with Crippen molar-refractivity contribution < 1.29 is 4.74 Å². The van der Waals surface area contributed by atoms with E-state index in [1.165, 1.54) is 7.11 Å². The Morgan fingerprint density at radius 1 is 1.88 bits per heavy atom. The summed E-state index contributed by atoms with van der Waals surface area (Å²) in [6, 6.07) is 1.90. The Bertz CT molecular complexity index is 103. The lowest BCUT2D eigenvalue weighted by molar-refractivity contribution is 0.163. The molecule has 0 aromatic heterocycles. The molecular weight excluding hydrogens is 104 g/mol. The van der Waals surface area contributed by atoms with Gasteiger partial charge < -0.3 is 10.5 Å². The van der Waals surface area contributed by atoms with E-state index in [4.69, 9.17) is 11.0 Å². The van der Waals surface area contributed by atoms with Gasteiger partial charge in [-0.05, 0) is 6.92 Å². The van der Waals surface area contributed by atoms with Crippen molar-refractivity contribution in [3.8, 4) is 6.07 Å². The standard InChI is InChI=1S/C5H10N2O/c1-5(7,3-6)4-8-2/h4,7H2,1-2H3. The average Bonchev–Trinajstić information content (AvgIpc) is 1.67. The molecule has 0 aliphatic carbocycles. The van der Waals surface area contributed by atoms with Gasteiger partial charge in [-0.25, -0.2) is 0 Å². The molecule has 3 heteroatoms. The van der Waals surface area contributed by atoms with Gasteiger partial charge in [-0.15, -0.1) is 0 Å². The van der Waals surface area contributed by atoms with Gasteiger partial charge >= 0.3 is 0 Å². The Balaban J connectivity index is 3.59. The van der Waals surface area contributed by atoms with Gasteiger partial charge in [0.2, 0.25) is 0 Å². The minimum atomic E-state index is -0.825. The van der Waals surface area contributed by atoms with Gasteiger partial charge in [0.05, 0.1) is 12.7 Å². The van der Waals surface area contributed by atoms with E-state index in [1.807, 2.05) is 6.07 Å². The van der Waals surface area contributed by atoms with Crippen LogP contribution in [0.4, 0.5) is 0 Å². The number of hydrogen-bond donors (Lipinski definition) is 1. The Labute approximate surface area is 49.0 Å². The van der Waals surface area contributed by atoms with Gasteiger partial charge in [-0.1, -0.05) is 0 Å². The maximum Gasteiger partial charge on any atom is 0.124 e. The SMILES string of the molecule is COCC(C)(N)C#N. The topological polar surface area (TPSA) is 59.0 Å². The maximum atomic E-state index is 8.27. The van der Waals surface area contributed by atoms with Crippen LogP contribution < -0.4 is 5.73 Å². The molecule has 1 unspecified atom stereocenters. The lowest BCUT2D eigenvalue weighted by Crippen LogP contribution is -2.38. The van der Waals surface area contributed by atoms with Crippen molar-refractivity contribution in [3.05, 3.63) is 0 Å². The first-order chi connectivity index (χ1) is 3.62. The number of hydrogen-bond acceptors (Lipinski definition) is 3. The van der Waals surface area contributed by atoms with E-state index in [-0.39, 0.29) is 6.61 Å². The molecule has 0 aliphatic heterocycles. The smallest absolute Gasteiger partial charge is 0.124 e. The number of ether oxygens (including phenoxy) is 1. The maximum absolute atomic E-state index is 8.27. The van der Waals surface area contributed by atoms with E-state index < -0.39 is 5.54 Å². The minimum Gasteiger partial charge on any atom is -0.382 e. The number of nitriles is 1. The zero-order chi connectivity index (χ0) is 6.62. The molecular formula is C5H10N2O. The van der Waals surface area contributed by atoms with Crippen LogP contribution >= 0.6 is 0 Å². The fourth-order valence-electron chi connectivity index (χ4n) is 0.332. The van der Waals surface area contributed by atoms with Gasteiger partial charge in [0.15, 0.2) is 0 Å². The molecule has 0 spiro atoms. The second kappa shape index (κ2) is 2.65. The number of rotatable bonds is 2. The first kappa shape index (κ1) is 7.41. The fourth-order valence-corrected chi connectivity index (χ4v) is 0.332. The second-order valence-electron chi connectivity index (χ2n) is 1.96. The van der Waals surface area contributed by atoms with Crippen molar-refractivity contribution in [1.82, 2.24) is 0 Å². The first-order valence-corrected chi connectivity index (χ1v) is 2.31. The molecule has 0 saturated heterocycles. The summed E-state index contributed by atoms with van der Waals surface area (Å²) in [6.07, 6.45) is 0. The van der Waals surface area contributed by atoms with Crippen molar-refractivity contribution in [1.29, 1.82) is 5.26 Å². The molecule has 0 radical (unpaired) electrons. The lowest BCUT2D eigenvalue weighted by atomic mass is 10.1. The fraction of sp³-hybridized carbons (Fsp3) is 0.800. The molecule has 8 heavy (non-hydrogen) atoms. The zero-order valence-corrected chi connectivity index (χ0v) is 5.14. The quantitative estimate of drug-likeness (QED) is 0.544. The Morgan fingerprint density at radius 3 is 2.50 bits per heavy atom. The van der Waals surface area contributed by atoms with E-state index in [0.29, 0.717) is 0 Å². The number of nitrogens with zero attached hydrogens (tertiary/aromatic N) is 1. The van der Waals surface area contributed by atoms with E-state index in [9.17, 15) is 0 Å². The van der Waals surface area contributed by atoms with Crippen LogP contribution in [0.2, 0.25) is 0 Å². The second-order valence-corrected chi connectivity index (χ2v) is 1.96. The molecule has 0 fully saturated rings. The Kier molecular flexibility index (Phi) is 2.46. The molecule has 0 aromatic carbocycles. The summed E-state index contributed by atoms with van der Waals surface area (Å²) in [5, 5.41) is 8.27. The summed E-state index contributed by atoms with van der Waals surface area (Å²) in [7, 11) is 1.52. The van der Waals surface area contributed by atoms with Gasteiger partial charge in [-0.2, -0.15) is 5.26 Å². The number of nitrogens with two attached hydrogens (primary N) is 1. The van der Waals surface area contributed by atoms with E-state index >= 15 is 0 Å². The minimum absolute atomic E-state index is 0.281. The van der Waals surface area contributed by atoms with Crippen LogP contribution in [0.5, 0.6) is 0 Å². The van der Waals surface area contributed by atoms with E-state index in [2.05, 4.69) is 4.74 Å². The molecule has 0 saturated carbocycles. The van der Waals surface area contributed by atoms with Crippen LogP contribution in [0.1, 0.15) is 6.92 Å². The monoisotopic (exact) mass is 114 g/mol. The van der Waals surface area contributed by atoms with Crippen LogP contribution in [0, 0.1) is 11.3 Å². The molecule has 0 amide bonds. The van der Waals surface area contributed by atoms with E-state index in [1.54, 1.807) is 6.92 Å². The normalized spacial score (nSPS) is 16.8. The highest BCUT2D eigenvalue weighted by molar-refractivity contribution is 5.00. The highest BCUT2D eigenvalue weighted by Crippen LogP contribution is 1.94. The van der Waals surface area contributed by atoms with Crippen molar-refractivity contribution in [2.45, 2.75) is 12.5 Å². The Morgan fingerprint density at radius 2 is 2.38 bits per heavy atom. The van der Waals surface area contributed by atoms with Gasteiger partial charge in [0.25, 0.3) is 0 Å². The third kappa shape index (κ3) is 2.56. The van der Waals surface area contributed by atoms with E-state index in [0.717, 1.165) is 0 Å². The van der Waals surface area contributed by atoms with Crippen LogP contribution in [0.3, 0.4) is 0 Å². The van der Waals surface area contributed by atoms with Crippen LogP contribution in [-0.2, 0) is 4.74 Å². The predicted molar refractivity (Wildman–Crippen MR) is 30.1 cm³/mol. The Hall–Kier alpha value is -0.590. The van der Waals surface area contributed by atoms with Crippen molar-refractivity contribution in [2.75, 3.05) is 13.7 Å². The summed E-state index contributed by atoms with van der Waals surface area (Å²) >= 11 is 0. The zero-order valence-electron chi connectivity index (χ0n) is 5.14. The molecule has 46 valence electrons. The molecule has 2 N–H and O–H groups in total. The molecule has 0 aliphatic rings. The average molecular weight is 114 g/mol. The summed E-state index contributed by atoms with van der Waals surface area (Å²) in [5.74, 6) is 0. The summed E-state index contributed by atoms with van der Waals surface area (Å²) in [6.45, 7) is 1.90. The third-order valence-corrected chi connectivity index (χ3v) is 0.700. The highest BCUT2D eigenvalue weighted by Gasteiger charge is 2.15. The van der Waals surface area contributed by atoms with Crippen LogP contribution in [-0.4, -0.2) is 19.3 Å². The van der Waals surface area contributed by atoms with Crippen LogP contribution in [0.15, 0.2) is 0 Å². The summed E-state index contributed by atoms with van der Waals surface area (Å²) in [4.78, 5) is 0. The van der Waals surface area contributed by atoms with Gasteiger partial charge in [0, 0.05) is 7.11 Å². The molecule has 0 bridgehead atoms. The molecule has 3 nitrogen and oxygen atoms in total. The highest BCUT2D eigenvalue weighted by atomic mass is 16.5. The first-order valence-electron chi connectivity index (χ1n) is 2.31. The summed E-state index contributed by atoms with van der Waals surface area (Å²) < 4.78 is 4.65. The molecule has 0 rings (SSSR count). The largest absolute Gasteiger partial charge is 0.382 e. The van der Waals surface area contributed by atoms with Gasteiger partial charge in [-0.3, -0.25) is 0 Å². The van der Waals surface area contributed by atoms with Gasteiger partial charge in [0.1, 0.15) is 5.54 Å². The summed E-state index contributed by atoms with van der Waals surface area (Å²) in [5.41, 5.74) is 4.52. The lowest BCUT2D eigenvalue weighted by Gasteiger charge is -2.11. The van der Waals surface area contributed by atoms with Crippen molar-refractivity contribution >= 4 is 0 Å². The molecule has 0 aromatic rings. The predicted octanol–water partition coefficient (Wildman–Crippen LogP) is -0.126. The molecule has 1 atom stereocenters. The third-order valence-electron chi connectivity index (χ3n) is 0.700.